The number of piperazine rings is 1. The summed E-state index contributed by atoms with van der Waals surface area (Å²) in [5.41, 5.74) is 1.99. The fourth-order valence-corrected chi connectivity index (χ4v) is 3.72. The first kappa shape index (κ1) is 19.2. The van der Waals surface area contributed by atoms with Crippen LogP contribution in [-0.4, -0.2) is 49.3 Å². The lowest BCUT2D eigenvalue weighted by atomic mass is 10.1. The molecule has 6 nitrogen and oxygen atoms in total. The Labute approximate surface area is 170 Å². The van der Waals surface area contributed by atoms with Crippen molar-refractivity contribution in [2.45, 2.75) is 13.5 Å². The highest BCUT2D eigenvalue weighted by Gasteiger charge is 2.23. The van der Waals surface area contributed by atoms with Crippen LogP contribution in [0.4, 0.5) is 0 Å². The van der Waals surface area contributed by atoms with Gasteiger partial charge >= 0.3 is 0 Å². The largest absolute Gasteiger partial charge is 0.497 e. The number of carbonyl (C=O) groups is 1. The maximum absolute atomic E-state index is 12.6. The highest BCUT2D eigenvalue weighted by Crippen LogP contribution is 2.22. The highest BCUT2D eigenvalue weighted by atomic mass is 16.5. The molecule has 150 valence electrons. The zero-order valence-electron chi connectivity index (χ0n) is 16.9. The third-order valence-electron chi connectivity index (χ3n) is 5.38. The van der Waals surface area contributed by atoms with E-state index in [4.69, 9.17) is 9.26 Å². The lowest BCUT2D eigenvalue weighted by Gasteiger charge is -2.31. The molecule has 29 heavy (non-hydrogen) atoms. The van der Waals surface area contributed by atoms with Crippen LogP contribution in [0.25, 0.3) is 16.8 Å². The van der Waals surface area contributed by atoms with Crippen molar-refractivity contribution in [3.63, 3.8) is 0 Å². The van der Waals surface area contributed by atoms with E-state index in [0.717, 1.165) is 66.3 Å². The molecule has 1 aromatic heterocycles. The third-order valence-corrected chi connectivity index (χ3v) is 5.38. The van der Waals surface area contributed by atoms with Crippen LogP contribution in [0.1, 0.15) is 17.0 Å². The van der Waals surface area contributed by atoms with Gasteiger partial charge in [-0.05, 0) is 47.5 Å². The first-order valence-corrected chi connectivity index (χ1v) is 9.91. The summed E-state index contributed by atoms with van der Waals surface area (Å²) in [4.78, 5) is 15.9. The van der Waals surface area contributed by atoms with Crippen LogP contribution in [0, 0.1) is 6.92 Å². The highest BCUT2D eigenvalue weighted by molar-refractivity contribution is 5.93. The number of nitrogens with zero attached hydrogens (tertiary/aromatic N) is 2. The van der Waals surface area contributed by atoms with E-state index >= 15 is 0 Å². The van der Waals surface area contributed by atoms with E-state index < -0.39 is 0 Å². The van der Waals surface area contributed by atoms with Crippen molar-refractivity contribution in [1.82, 2.24) is 10.1 Å². The van der Waals surface area contributed by atoms with Crippen molar-refractivity contribution in [2.75, 3.05) is 33.3 Å². The topological polar surface area (TPSA) is 60.0 Å². The Morgan fingerprint density at radius 3 is 2.66 bits per heavy atom. The Morgan fingerprint density at radius 1 is 1.17 bits per heavy atom. The molecular formula is C23H26N3O3+. The predicted octanol–water partition coefficient (Wildman–Crippen LogP) is 2.09. The molecule has 1 saturated heterocycles. The summed E-state index contributed by atoms with van der Waals surface area (Å²) in [5, 5.41) is 6.31. The van der Waals surface area contributed by atoms with Gasteiger partial charge in [-0.2, -0.15) is 0 Å². The Balaban J connectivity index is 1.33. The molecule has 2 heterocycles. The predicted molar refractivity (Wildman–Crippen MR) is 112 cm³/mol. The second kappa shape index (κ2) is 8.49. The quantitative estimate of drug-likeness (QED) is 0.676. The summed E-state index contributed by atoms with van der Waals surface area (Å²) >= 11 is 0. The molecule has 1 fully saturated rings. The van der Waals surface area contributed by atoms with Crippen molar-refractivity contribution in [3.05, 3.63) is 65.6 Å². The summed E-state index contributed by atoms with van der Waals surface area (Å²) in [5.74, 6) is 1.75. The number of aryl methyl sites for hydroxylation is 1. The molecule has 1 amide bonds. The van der Waals surface area contributed by atoms with E-state index in [-0.39, 0.29) is 5.91 Å². The molecule has 0 saturated carbocycles. The van der Waals surface area contributed by atoms with Crippen LogP contribution in [0.5, 0.6) is 5.75 Å². The zero-order chi connectivity index (χ0) is 20.2. The molecule has 1 N–H and O–H groups in total. The first-order valence-electron chi connectivity index (χ1n) is 9.91. The Bertz CT molecular complexity index is 1030. The number of amides is 1. The molecule has 4 rings (SSSR count). The van der Waals surface area contributed by atoms with Crippen molar-refractivity contribution in [2.24, 2.45) is 0 Å². The van der Waals surface area contributed by atoms with Crippen LogP contribution < -0.4 is 9.64 Å². The molecular weight excluding hydrogens is 366 g/mol. The lowest BCUT2D eigenvalue weighted by Crippen LogP contribution is -3.13. The van der Waals surface area contributed by atoms with Crippen LogP contribution in [0.15, 0.2) is 53.1 Å². The fraction of sp³-hybridized carbons (Fsp3) is 0.304. The molecule has 0 spiro atoms. The normalized spacial score (nSPS) is 15.3. The number of hydrogen-bond donors (Lipinski definition) is 1. The second-order valence-electron chi connectivity index (χ2n) is 7.49. The smallest absolute Gasteiger partial charge is 0.246 e. The molecule has 0 unspecified atom stereocenters. The van der Waals surface area contributed by atoms with Gasteiger partial charge < -0.3 is 19.1 Å². The number of benzene rings is 2. The van der Waals surface area contributed by atoms with Gasteiger partial charge in [0.2, 0.25) is 5.91 Å². The van der Waals surface area contributed by atoms with Crippen LogP contribution >= 0.6 is 0 Å². The monoisotopic (exact) mass is 392 g/mol. The number of ether oxygens (including phenoxy) is 1. The third kappa shape index (κ3) is 4.66. The summed E-state index contributed by atoms with van der Waals surface area (Å²) in [6.07, 6.45) is 3.57. The fourth-order valence-electron chi connectivity index (χ4n) is 3.72. The summed E-state index contributed by atoms with van der Waals surface area (Å²) in [6.45, 7) is 6.10. The van der Waals surface area contributed by atoms with Gasteiger partial charge in [0, 0.05) is 12.1 Å². The summed E-state index contributed by atoms with van der Waals surface area (Å²) < 4.78 is 10.4. The van der Waals surface area contributed by atoms with Crippen LogP contribution in [0.2, 0.25) is 0 Å². The van der Waals surface area contributed by atoms with Crippen molar-refractivity contribution < 1.29 is 19.0 Å². The van der Waals surface area contributed by atoms with E-state index in [1.807, 2.05) is 48.2 Å². The number of rotatable bonds is 5. The maximum Gasteiger partial charge on any atom is 0.246 e. The van der Waals surface area contributed by atoms with Crippen LogP contribution in [-0.2, 0) is 11.3 Å². The van der Waals surface area contributed by atoms with Gasteiger partial charge in [-0.25, -0.2) is 0 Å². The van der Waals surface area contributed by atoms with Crippen LogP contribution in [0.3, 0.4) is 0 Å². The molecule has 0 aliphatic carbocycles. The Hall–Kier alpha value is -3.12. The molecule has 0 bridgehead atoms. The minimum absolute atomic E-state index is 0.0659. The molecule has 3 aromatic rings. The number of carbonyl (C=O) groups excluding carboxylic acids is 1. The average Bonchev–Trinajstić information content (AvgIpc) is 3.16. The van der Waals surface area contributed by atoms with Crippen molar-refractivity contribution in [3.8, 4) is 5.75 Å². The van der Waals surface area contributed by atoms with Gasteiger partial charge in [-0.3, -0.25) is 4.79 Å². The van der Waals surface area contributed by atoms with E-state index in [0.29, 0.717) is 0 Å². The minimum Gasteiger partial charge on any atom is -0.497 e. The molecule has 1 aliphatic rings. The zero-order valence-corrected chi connectivity index (χ0v) is 16.9. The van der Waals surface area contributed by atoms with Gasteiger partial charge in [0.15, 0.2) is 0 Å². The van der Waals surface area contributed by atoms with Crippen molar-refractivity contribution in [1.29, 1.82) is 0 Å². The Kier molecular flexibility index (Phi) is 5.62. The Morgan fingerprint density at radius 2 is 1.93 bits per heavy atom. The van der Waals surface area contributed by atoms with E-state index in [2.05, 4.69) is 17.3 Å². The van der Waals surface area contributed by atoms with E-state index in [9.17, 15) is 4.79 Å². The van der Waals surface area contributed by atoms with Gasteiger partial charge in [0.05, 0.1) is 33.3 Å². The van der Waals surface area contributed by atoms with E-state index in [1.54, 1.807) is 13.2 Å². The number of quaternary nitrogens is 1. The number of hydrogen-bond acceptors (Lipinski definition) is 4. The van der Waals surface area contributed by atoms with Gasteiger partial charge in [-0.15, -0.1) is 0 Å². The minimum atomic E-state index is 0.0659. The molecule has 0 radical (unpaired) electrons. The summed E-state index contributed by atoms with van der Waals surface area (Å²) in [6, 6.07) is 14.1. The number of fused-ring (bicyclic) bond motifs is 1. The van der Waals surface area contributed by atoms with E-state index in [1.165, 1.54) is 4.90 Å². The number of aromatic nitrogens is 1. The van der Waals surface area contributed by atoms with Crippen molar-refractivity contribution >= 4 is 22.8 Å². The molecule has 1 aliphatic heterocycles. The molecule has 2 aromatic carbocycles. The lowest BCUT2D eigenvalue weighted by molar-refractivity contribution is -0.918. The SMILES string of the molecule is COc1ccc2cc(/C=C/C(=O)N3CC[NH+](Cc4cc(C)on4)CC3)ccc2c1. The standard InChI is InChI=1S/C23H25N3O3/c1-17-13-21(24-29-17)16-25-9-11-26(12-10-25)23(27)8-4-18-3-5-20-15-22(28-2)7-6-19(20)14-18/h3-8,13-15H,9-12,16H2,1-2H3/p+1/b8-4+. The van der Waals surface area contributed by atoms with Gasteiger partial charge in [0.1, 0.15) is 23.7 Å². The average molecular weight is 392 g/mol. The van der Waals surface area contributed by atoms with Gasteiger partial charge in [-0.1, -0.05) is 23.4 Å². The molecule has 0 atom stereocenters. The first-order chi connectivity index (χ1) is 14.1. The number of methoxy groups -OCH3 is 1. The number of nitrogens with one attached hydrogen (secondary N) is 1. The molecule has 6 heteroatoms. The maximum atomic E-state index is 12.6. The summed E-state index contributed by atoms with van der Waals surface area (Å²) in [7, 11) is 1.67. The van der Waals surface area contributed by atoms with Gasteiger partial charge in [0.25, 0.3) is 0 Å². The second-order valence-corrected chi connectivity index (χ2v) is 7.49.